The number of methoxy groups -OCH3 is 2. The van der Waals surface area contributed by atoms with E-state index in [9.17, 15) is 14.0 Å². The van der Waals surface area contributed by atoms with Crippen LogP contribution < -0.4 is 0 Å². The van der Waals surface area contributed by atoms with Crippen molar-refractivity contribution in [2.45, 2.75) is 0 Å². The highest BCUT2D eigenvalue weighted by molar-refractivity contribution is 6.33. The van der Waals surface area contributed by atoms with Crippen LogP contribution in [0.25, 0.3) is 16.9 Å². The molecule has 0 aliphatic rings. The van der Waals surface area contributed by atoms with Crippen molar-refractivity contribution in [2.75, 3.05) is 14.2 Å². The van der Waals surface area contributed by atoms with Gasteiger partial charge in [0, 0.05) is 5.56 Å². The average molecular weight is 389 g/mol. The molecule has 0 spiro atoms. The normalized spacial score (nSPS) is 10.5. The molecule has 0 aliphatic carbocycles. The number of benzene rings is 2. The molecule has 0 fully saturated rings. The number of carbonyl (C=O) groups is 2. The molecular formula is C19H14ClFN2O4. The van der Waals surface area contributed by atoms with Crippen LogP contribution in [0.1, 0.15) is 20.8 Å². The monoisotopic (exact) mass is 388 g/mol. The standard InChI is InChI=1S/C19H14ClFN2O4/c1-26-18(24)15-16(13-10-11(21)8-9-14(13)20)22-23(17(15)19(25)27-2)12-6-4-3-5-7-12/h3-10H,1-2H3. The maximum atomic E-state index is 13.8. The van der Waals surface area contributed by atoms with Gasteiger partial charge in [0.1, 0.15) is 17.1 Å². The average Bonchev–Trinajstić information content (AvgIpc) is 3.09. The number of rotatable bonds is 4. The predicted molar refractivity (Wildman–Crippen MR) is 96.6 cm³/mol. The molecule has 0 unspecified atom stereocenters. The summed E-state index contributed by atoms with van der Waals surface area (Å²) in [5.74, 6) is -2.20. The number of para-hydroxylation sites is 1. The molecule has 138 valence electrons. The van der Waals surface area contributed by atoms with Gasteiger partial charge in [-0.1, -0.05) is 29.8 Å². The van der Waals surface area contributed by atoms with Gasteiger partial charge in [-0.25, -0.2) is 18.7 Å². The zero-order valence-electron chi connectivity index (χ0n) is 14.4. The van der Waals surface area contributed by atoms with Crippen molar-refractivity contribution >= 4 is 23.5 Å². The predicted octanol–water partition coefficient (Wildman–Crippen LogP) is 3.91. The van der Waals surface area contributed by atoms with Crippen molar-refractivity contribution in [1.82, 2.24) is 9.78 Å². The Hall–Kier alpha value is -3.19. The third kappa shape index (κ3) is 3.41. The summed E-state index contributed by atoms with van der Waals surface area (Å²) >= 11 is 6.19. The van der Waals surface area contributed by atoms with Gasteiger partial charge in [0.15, 0.2) is 5.69 Å². The van der Waals surface area contributed by atoms with Crippen molar-refractivity contribution in [3.63, 3.8) is 0 Å². The van der Waals surface area contributed by atoms with E-state index in [-0.39, 0.29) is 27.5 Å². The molecular weight excluding hydrogens is 375 g/mol. The van der Waals surface area contributed by atoms with Crippen LogP contribution in [0.5, 0.6) is 0 Å². The van der Waals surface area contributed by atoms with E-state index in [4.69, 9.17) is 21.1 Å². The second kappa shape index (κ2) is 7.59. The van der Waals surface area contributed by atoms with Crippen molar-refractivity contribution in [3.8, 4) is 16.9 Å². The van der Waals surface area contributed by atoms with Crippen LogP contribution in [-0.2, 0) is 9.47 Å². The van der Waals surface area contributed by atoms with Gasteiger partial charge < -0.3 is 9.47 Å². The molecule has 0 bridgehead atoms. The topological polar surface area (TPSA) is 70.4 Å². The lowest BCUT2D eigenvalue weighted by Gasteiger charge is -2.07. The number of hydrogen-bond acceptors (Lipinski definition) is 5. The highest BCUT2D eigenvalue weighted by Crippen LogP contribution is 2.33. The van der Waals surface area contributed by atoms with Gasteiger partial charge in [0.2, 0.25) is 0 Å². The number of nitrogens with zero attached hydrogens (tertiary/aromatic N) is 2. The molecule has 6 nitrogen and oxygen atoms in total. The number of halogens is 2. The van der Waals surface area contributed by atoms with Crippen LogP contribution in [0.2, 0.25) is 5.02 Å². The first-order valence-electron chi connectivity index (χ1n) is 7.78. The Kier molecular flexibility index (Phi) is 5.23. The van der Waals surface area contributed by atoms with Crippen LogP contribution in [0, 0.1) is 5.82 Å². The molecule has 0 N–H and O–H groups in total. The van der Waals surface area contributed by atoms with E-state index in [2.05, 4.69) is 5.10 Å². The first-order chi connectivity index (χ1) is 13.0. The molecule has 0 radical (unpaired) electrons. The number of esters is 2. The highest BCUT2D eigenvalue weighted by Gasteiger charge is 2.32. The van der Waals surface area contributed by atoms with Crippen molar-refractivity contribution in [2.24, 2.45) is 0 Å². The van der Waals surface area contributed by atoms with Crippen molar-refractivity contribution < 1.29 is 23.5 Å². The molecule has 0 aliphatic heterocycles. The minimum Gasteiger partial charge on any atom is -0.465 e. The van der Waals surface area contributed by atoms with Gasteiger partial charge in [-0.05, 0) is 30.3 Å². The van der Waals surface area contributed by atoms with E-state index in [1.54, 1.807) is 30.3 Å². The molecule has 1 aromatic heterocycles. The number of carbonyl (C=O) groups excluding carboxylic acids is 2. The first kappa shape index (κ1) is 18.6. The van der Waals surface area contributed by atoms with Gasteiger partial charge in [-0.2, -0.15) is 5.10 Å². The summed E-state index contributed by atoms with van der Waals surface area (Å²) in [7, 11) is 2.35. The summed E-state index contributed by atoms with van der Waals surface area (Å²) in [6.07, 6.45) is 0. The molecule has 0 amide bonds. The zero-order chi connectivity index (χ0) is 19.6. The summed E-state index contributed by atoms with van der Waals surface area (Å²) in [4.78, 5) is 24.9. The van der Waals surface area contributed by atoms with E-state index >= 15 is 0 Å². The Labute approximate surface area is 159 Å². The SMILES string of the molecule is COC(=O)c1c(-c2cc(F)ccc2Cl)nn(-c2ccccc2)c1C(=O)OC. The Balaban J connectivity index is 2.40. The van der Waals surface area contributed by atoms with E-state index in [1.807, 2.05) is 0 Å². The van der Waals surface area contributed by atoms with Crippen molar-refractivity contribution in [3.05, 3.63) is 70.6 Å². The van der Waals surface area contributed by atoms with Crippen LogP contribution >= 0.6 is 11.6 Å². The van der Waals surface area contributed by atoms with Gasteiger partial charge in [-0.15, -0.1) is 0 Å². The third-order valence-electron chi connectivity index (χ3n) is 3.84. The maximum Gasteiger partial charge on any atom is 0.357 e. The fourth-order valence-electron chi connectivity index (χ4n) is 2.62. The maximum absolute atomic E-state index is 13.8. The Morgan fingerprint density at radius 1 is 1.04 bits per heavy atom. The molecule has 0 atom stereocenters. The van der Waals surface area contributed by atoms with E-state index < -0.39 is 17.8 Å². The summed E-state index contributed by atoms with van der Waals surface area (Å²) in [6.45, 7) is 0. The number of hydrogen-bond donors (Lipinski definition) is 0. The molecule has 0 saturated carbocycles. The molecule has 27 heavy (non-hydrogen) atoms. The van der Waals surface area contributed by atoms with Crippen LogP contribution in [0.4, 0.5) is 4.39 Å². The molecule has 8 heteroatoms. The Bertz CT molecular complexity index is 1020. The largest absolute Gasteiger partial charge is 0.465 e. The number of ether oxygens (including phenoxy) is 2. The molecule has 3 aromatic rings. The Morgan fingerprint density at radius 2 is 1.70 bits per heavy atom. The minimum absolute atomic E-state index is 0.00982. The summed E-state index contributed by atoms with van der Waals surface area (Å²) in [6, 6.07) is 12.3. The third-order valence-corrected chi connectivity index (χ3v) is 4.17. The quantitative estimate of drug-likeness (QED) is 0.634. The zero-order valence-corrected chi connectivity index (χ0v) is 15.2. The van der Waals surface area contributed by atoms with Gasteiger partial charge in [0.05, 0.1) is 24.9 Å². The van der Waals surface area contributed by atoms with Gasteiger partial charge >= 0.3 is 11.9 Å². The summed E-state index contributed by atoms with van der Waals surface area (Å²) < 4.78 is 24.7. The molecule has 3 rings (SSSR count). The first-order valence-corrected chi connectivity index (χ1v) is 8.16. The van der Waals surface area contributed by atoms with Crippen LogP contribution in [0.3, 0.4) is 0 Å². The smallest absolute Gasteiger partial charge is 0.357 e. The van der Waals surface area contributed by atoms with E-state index in [1.165, 1.54) is 31.0 Å². The molecule has 0 saturated heterocycles. The Morgan fingerprint density at radius 3 is 2.33 bits per heavy atom. The van der Waals surface area contributed by atoms with Crippen molar-refractivity contribution in [1.29, 1.82) is 0 Å². The second-order valence-corrected chi connectivity index (χ2v) is 5.83. The lowest BCUT2D eigenvalue weighted by Crippen LogP contribution is -2.15. The van der Waals surface area contributed by atoms with E-state index in [0.717, 1.165) is 6.07 Å². The number of aromatic nitrogens is 2. The fraction of sp³-hybridized carbons (Fsp3) is 0.105. The molecule has 2 aromatic carbocycles. The molecule has 1 heterocycles. The minimum atomic E-state index is -0.826. The van der Waals surface area contributed by atoms with Gasteiger partial charge in [0.25, 0.3) is 0 Å². The lowest BCUT2D eigenvalue weighted by molar-refractivity contribution is 0.0549. The highest BCUT2D eigenvalue weighted by atomic mass is 35.5. The summed E-state index contributed by atoms with van der Waals surface area (Å²) in [5.41, 5.74) is 0.348. The van der Waals surface area contributed by atoms with Gasteiger partial charge in [-0.3, -0.25) is 0 Å². The lowest BCUT2D eigenvalue weighted by atomic mass is 10.1. The van der Waals surface area contributed by atoms with E-state index in [0.29, 0.717) is 5.69 Å². The summed E-state index contributed by atoms with van der Waals surface area (Å²) in [5, 5.41) is 4.52. The van der Waals surface area contributed by atoms with Crippen LogP contribution in [0.15, 0.2) is 48.5 Å². The second-order valence-electron chi connectivity index (χ2n) is 5.43. The van der Waals surface area contributed by atoms with Crippen LogP contribution in [-0.4, -0.2) is 35.9 Å². The fourth-order valence-corrected chi connectivity index (χ4v) is 2.83.